The fraction of sp³-hybridized carbons (Fsp3) is 0.292. The molecule has 0 amide bonds. The Bertz CT molecular complexity index is 961. The molecule has 27 heavy (non-hydrogen) atoms. The lowest BCUT2D eigenvalue weighted by Crippen LogP contribution is -2.14. The van der Waals surface area contributed by atoms with Gasteiger partial charge in [-0.25, -0.2) is 0 Å². The first-order chi connectivity index (χ1) is 13.2. The molecule has 0 aromatic heterocycles. The van der Waals surface area contributed by atoms with Crippen LogP contribution in [0.3, 0.4) is 0 Å². The van der Waals surface area contributed by atoms with Gasteiger partial charge in [0.25, 0.3) is 0 Å². The molecule has 0 saturated carbocycles. The highest BCUT2D eigenvalue weighted by Gasteiger charge is 2.23. The van der Waals surface area contributed by atoms with E-state index in [4.69, 9.17) is 9.47 Å². The van der Waals surface area contributed by atoms with E-state index in [1.54, 1.807) is 0 Å². The van der Waals surface area contributed by atoms with Crippen LogP contribution in [0.5, 0.6) is 5.75 Å². The minimum Gasteiger partial charge on any atom is -0.489 e. The Morgan fingerprint density at radius 3 is 2.74 bits per heavy atom. The molecule has 1 unspecified atom stereocenters. The fourth-order valence-electron chi connectivity index (χ4n) is 3.97. The predicted molar refractivity (Wildman–Crippen MR) is 107 cm³/mol. The van der Waals surface area contributed by atoms with Crippen molar-refractivity contribution in [2.24, 2.45) is 0 Å². The van der Waals surface area contributed by atoms with Crippen molar-refractivity contribution < 1.29 is 14.3 Å². The van der Waals surface area contributed by atoms with Gasteiger partial charge in [-0.2, -0.15) is 0 Å². The Kier molecular flexibility index (Phi) is 5.10. The lowest BCUT2D eigenvalue weighted by atomic mass is 9.81. The normalized spacial score (nSPS) is 16.0. The van der Waals surface area contributed by atoms with Crippen LogP contribution in [0, 0.1) is 0 Å². The molecule has 4 rings (SSSR count). The van der Waals surface area contributed by atoms with E-state index in [-0.39, 0.29) is 11.9 Å². The Balaban J connectivity index is 1.47. The minimum atomic E-state index is -0.135. The molecular weight excluding hydrogens is 336 g/mol. The highest BCUT2D eigenvalue weighted by Crippen LogP contribution is 2.36. The van der Waals surface area contributed by atoms with Gasteiger partial charge in [0.2, 0.25) is 0 Å². The predicted octanol–water partition coefficient (Wildman–Crippen LogP) is 5.40. The number of benzene rings is 3. The Hall–Kier alpha value is -2.81. The second-order valence-electron chi connectivity index (χ2n) is 7.20. The van der Waals surface area contributed by atoms with Crippen molar-refractivity contribution >= 4 is 16.7 Å². The molecule has 3 nitrogen and oxygen atoms in total. The third-order valence-corrected chi connectivity index (χ3v) is 5.41. The number of esters is 1. The molecule has 3 aromatic rings. The average Bonchev–Trinajstić information content (AvgIpc) is 2.72. The van der Waals surface area contributed by atoms with E-state index in [0.717, 1.165) is 30.6 Å². The van der Waals surface area contributed by atoms with Crippen LogP contribution in [0.1, 0.15) is 41.9 Å². The second kappa shape index (κ2) is 7.83. The van der Waals surface area contributed by atoms with E-state index in [1.807, 2.05) is 6.07 Å². The van der Waals surface area contributed by atoms with Crippen LogP contribution >= 0.6 is 0 Å². The molecule has 0 fully saturated rings. The molecule has 1 atom stereocenters. The summed E-state index contributed by atoms with van der Waals surface area (Å²) in [6.07, 6.45) is 3.64. The molecule has 0 spiro atoms. The summed E-state index contributed by atoms with van der Waals surface area (Å²) in [5, 5.41) is 2.47. The SMILES string of the molecule is COC(=O)CC1CCCc2cc(OCc3ccc4ccccc4c3)ccc21. The highest BCUT2D eigenvalue weighted by atomic mass is 16.5. The van der Waals surface area contributed by atoms with Crippen LogP contribution in [0.15, 0.2) is 60.7 Å². The van der Waals surface area contributed by atoms with Crippen molar-refractivity contribution in [1.82, 2.24) is 0 Å². The standard InChI is InChI=1S/C24H24O3/c1-26-24(25)15-21-8-4-7-20-14-22(11-12-23(20)21)27-16-17-9-10-18-5-2-3-6-19(18)13-17/h2-3,5-6,9-14,21H,4,7-8,15-16H2,1H3. The lowest BCUT2D eigenvalue weighted by Gasteiger charge is -2.25. The van der Waals surface area contributed by atoms with Gasteiger partial charge in [-0.15, -0.1) is 0 Å². The molecule has 0 aliphatic heterocycles. The van der Waals surface area contributed by atoms with Crippen molar-refractivity contribution in [3.8, 4) is 5.75 Å². The van der Waals surface area contributed by atoms with E-state index in [0.29, 0.717) is 13.0 Å². The number of carbonyl (C=O) groups is 1. The number of methoxy groups -OCH3 is 1. The highest BCUT2D eigenvalue weighted by molar-refractivity contribution is 5.82. The van der Waals surface area contributed by atoms with Gasteiger partial charge in [0, 0.05) is 0 Å². The van der Waals surface area contributed by atoms with Crippen molar-refractivity contribution in [2.75, 3.05) is 7.11 Å². The minimum absolute atomic E-state index is 0.135. The maximum absolute atomic E-state index is 11.7. The van der Waals surface area contributed by atoms with Crippen molar-refractivity contribution in [3.05, 3.63) is 77.4 Å². The molecule has 1 aliphatic carbocycles. The number of hydrogen-bond donors (Lipinski definition) is 0. The Labute approximate surface area is 159 Å². The van der Waals surface area contributed by atoms with Crippen LogP contribution in [0.2, 0.25) is 0 Å². The lowest BCUT2D eigenvalue weighted by molar-refractivity contribution is -0.141. The smallest absolute Gasteiger partial charge is 0.306 e. The first kappa shape index (κ1) is 17.6. The van der Waals surface area contributed by atoms with Gasteiger partial charge < -0.3 is 9.47 Å². The fourth-order valence-corrected chi connectivity index (χ4v) is 3.97. The van der Waals surface area contributed by atoms with E-state index in [1.165, 1.54) is 29.0 Å². The molecular formula is C24H24O3. The van der Waals surface area contributed by atoms with Gasteiger partial charge in [-0.1, -0.05) is 42.5 Å². The van der Waals surface area contributed by atoms with Gasteiger partial charge in [-0.3, -0.25) is 4.79 Å². The summed E-state index contributed by atoms with van der Waals surface area (Å²) >= 11 is 0. The summed E-state index contributed by atoms with van der Waals surface area (Å²) in [7, 11) is 1.45. The van der Waals surface area contributed by atoms with Crippen molar-refractivity contribution in [1.29, 1.82) is 0 Å². The topological polar surface area (TPSA) is 35.5 Å². The number of hydrogen-bond acceptors (Lipinski definition) is 3. The van der Waals surface area contributed by atoms with Crippen LogP contribution in [-0.2, 0) is 22.6 Å². The quantitative estimate of drug-likeness (QED) is 0.571. The molecule has 0 N–H and O–H groups in total. The maximum atomic E-state index is 11.7. The van der Waals surface area contributed by atoms with Gasteiger partial charge in [-0.05, 0) is 70.8 Å². The summed E-state index contributed by atoms with van der Waals surface area (Å²) in [4.78, 5) is 11.7. The van der Waals surface area contributed by atoms with Gasteiger partial charge in [0.05, 0.1) is 13.5 Å². The summed E-state index contributed by atoms with van der Waals surface area (Å²) in [5.74, 6) is 1.01. The molecule has 0 radical (unpaired) electrons. The first-order valence-corrected chi connectivity index (χ1v) is 9.53. The Morgan fingerprint density at radius 2 is 1.89 bits per heavy atom. The number of rotatable bonds is 5. The van der Waals surface area contributed by atoms with Crippen molar-refractivity contribution in [2.45, 2.75) is 38.2 Å². The van der Waals surface area contributed by atoms with Crippen LogP contribution in [0.25, 0.3) is 10.8 Å². The zero-order valence-corrected chi connectivity index (χ0v) is 15.6. The van der Waals surface area contributed by atoms with Crippen LogP contribution in [-0.4, -0.2) is 13.1 Å². The van der Waals surface area contributed by atoms with Gasteiger partial charge >= 0.3 is 5.97 Å². The van der Waals surface area contributed by atoms with E-state index < -0.39 is 0 Å². The molecule has 0 saturated heterocycles. The molecule has 3 aromatic carbocycles. The van der Waals surface area contributed by atoms with Crippen LogP contribution in [0.4, 0.5) is 0 Å². The monoisotopic (exact) mass is 360 g/mol. The average molecular weight is 360 g/mol. The van der Waals surface area contributed by atoms with Crippen LogP contribution < -0.4 is 4.74 Å². The Morgan fingerprint density at radius 1 is 1.04 bits per heavy atom. The van der Waals surface area contributed by atoms with Crippen molar-refractivity contribution in [3.63, 3.8) is 0 Å². The molecule has 0 heterocycles. The third kappa shape index (κ3) is 3.97. The molecule has 0 bridgehead atoms. The van der Waals surface area contributed by atoms with E-state index in [9.17, 15) is 4.79 Å². The van der Waals surface area contributed by atoms with Gasteiger partial charge in [0.1, 0.15) is 12.4 Å². The zero-order chi connectivity index (χ0) is 18.6. The first-order valence-electron chi connectivity index (χ1n) is 9.53. The number of aryl methyl sites for hydroxylation is 1. The number of fused-ring (bicyclic) bond motifs is 2. The summed E-state index contributed by atoms with van der Waals surface area (Å²) in [6, 6.07) is 21.1. The molecule has 3 heteroatoms. The van der Waals surface area contributed by atoms with Gasteiger partial charge in [0.15, 0.2) is 0 Å². The number of carbonyl (C=O) groups excluding carboxylic acids is 1. The largest absolute Gasteiger partial charge is 0.489 e. The van der Waals surface area contributed by atoms with E-state index >= 15 is 0 Å². The summed E-state index contributed by atoms with van der Waals surface area (Å²) in [5.41, 5.74) is 3.73. The summed E-state index contributed by atoms with van der Waals surface area (Å²) < 4.78 is 10.9. The third-order valence-electron chi connectivity index (χ3n) is 5.41. The second-order valence-corrected chi connectivity index (χ2v) is 7.20. The van der Waals surface area contributed by atoms with E-state index in [2.05, 4.69) is 54.6 Å². The molecule has 1 aliphatic rings. The molecule has 138 valence electrons. The summed E-state index contributed by atoms with van der Waals surface area (Å²) in [6.45, 7) is 0.551. The number of ether oxygens (including phenoxy) is 2. The zero-order valence-electron chi connectivity index (χ0n) is 15.6. The maximum Gasteiger partial charge on any atom is 0.306 e.